The van der Waals surface area contributed by atoms with Gasteiger partial charge in [-0.3, -0.25) is 0 Å². The second-order valence-corrected chi connectivity index (χ2v) is 3.43. The maximum Gasteiger partial charge on any atom is 0.105 e. The van der Waals surface area contributed by atoms with E-state index >= 15 is 0 Å². The Morgan fingerprint density at radius 3 is 2.77 bits per heavy atom. The van der Waals surface area contributed by atoms with Crippen molar-refractivity contribution in [1.29, 1.82) is 0 Å². The minimum absolute atomic E-state index is 0.330. The molecule has 0 fully saturated rings. The number of hydrogen-bond acceptors (Lipinski definition) is 2. The zero-order chi connectivity index (χ0) is 9.84. The lowest BCUT2D eigenvalue weighted by Crippen LogP contribution is -2.16. The Balaban J connectivity index is 2.78. The van der Waals surface area contributed by atoms with Crippen molar-refractivity contribution in [2.24, 2.45) is 0 Å². The largest absolute Gasteiger partial charge is 0.469 e. The second kappa shape index (κ2) is 4.28. The molecule has 0 amide bonds. The van der Waals surface area contributed by atoms with Crippen LogP contribution in [-0.2, 0) is 0 Å². The third kappa shape index (κ3) is 2.46. The molecule has 1 N–H and O–H groups in total. The molecule has 0 aliphatic carbocycles. The molecule has 13 heavy (non-hydrogen) atoms. The lowest BCUT2D eigenvalue weighted by molar-refractivity contribution is 0.511. The summed E-state index contributed by atoms with van der Waals surface area (Å²) in [7, 11) is 1.96. The SMILES string of the molecule is C=C(C)CC(NC)c1ccoc1C. The third-order valence-electron chi connectivity index (χ3n) is 2.18. The van der Waals surface area contributed by atoms with Gasteiger partial charge in [0.15, 0.2) is 0 Å². The van der Waals surface area contributed by atoms with Crippen molar-refractivity contribution in [1.82, 2.24) is 5.32 Å². The first-order valence-electron chi connectivity index (χ1n) is 4.50. The molecule has 0 saturated heterocycles. The van der Waals surface area contributed by atoms with E-state index in [2.05, 4.69) is 11.9 Å². The Morgan fingerprint density at radius 2 is 2.38 bits per heavy atom. The lowest BCUT2D eigenvalue weighted by Gasteiger charge is -2.15. The van der Waals surface area contributed by atoms with E-state index in [1.54, 1.807) is 6.26 Å². The topological polar surface area (TPSA) is 25.2 Å². The summed E-state index contributed by atoms with van der Waals surface area (Å²) in [5.41, 5.74) is 2.41. The van der Waals surface area contributed by atoms with Crippen LogP contribution in [-0.4, -0.2) is 7.05 Å². The molecule has 1 heterocycles. The van der Waals surface area contributed by atoms with Crippen molar-refractivity contribution in [2.75, 3.05) is 7.05 Å². The average molecular weight is 179 g/mol. The quantitative estimate of drug-likeness (QED) is 0.719. The van der Waals surface area contributed by atoms with E-state index in [9.17, 15) is 0 Å². The van der Waals surface area contributed by atoms with Gasteiger partial charge in [-0.15, -0.1) is 6.58 Å². The predicted octanol–water partition coefficient (Wildman–Crippen LogP) is 2.81. The van der Waals surface area contributed by atoms with E-state index < -0.39 is 0 Å². The molecule has 0 bridgehead atoms. The fraction of sp³-hybridized carbons (Fsp3) is 0.455. The number of furan rings is 1. The van der Waals surface area contributed by atoms with Crippen molar-refractivity contribution in [3.8, 4) is 0 Å². The van der Waals surface area contributed by atoms with Crippen LogP contribution in [0.4, 0.5) is 0 Å². The Morgan fingerprint density at radius 1 is 1.69 bits per heavy atom. The van der Waals surface area contributed by atoms with Gasteiger partial charge in [0.05, 0.1) is 6.26 Å². The van der Waals surface area contributed by atoms with Crippen molar-refractivity contribution >= 4 is 0 Å². The first-order valence-corrected chi connectivity index (χ1v) is 4.50. The molecular formula is C11H17NO. The highest BCUT2D eigenvalue weighted by Gasteiger charge is 2.13. The zero-order valence-corrected chi connectivity index (χ0v) is 8.55. The normalized spacial score (nSPS) is 12.8. The standard InChI is InChI=1S/C11H17NO/c1-8(2)7-11(12-4)10-5-6-13-9(10)3/h5-6,11-12H,1,7H2,2-4H3. The molecule has 0 aliphatic rings. The molecule has 1 aromatic rings. The molecule has 0 aromatic carbocycles. The Hall–Kier alpha value is -1.02. The van der Waals surface area contributed by atoms with Gasteiger partial charge in [-0.2, -0.15) is 0 Å². The maximum absolute atomic E-state index is 5.26. The van der Waals surface area contributed by atoms with Gasteiger partial charge < -0.3 is 9.73 Å². The highest BCUT2D eigenvalue weighted by atomic mass is 16.3. The molecule has 2 heteroatoms. The van der Waals surface area contributed by atoms with Gasteiger partial charge in [0.1, 0.15) is 5.76 Å². The number of rotatable bonds is 4. The van der Waals surface area contributed by atoms with Gasteiger partial charge in [0, 0.05) is 11.6 Å². The second-order valence-electron chi connectivity index (χ2n) is 3.43. The van der Waals surface area contributed by atoms with Crippen molar-refractivity contribution in [3.63, 3.8) is 0 Å². The Labute approximate surface area is 79.6 Å². The van der Waals surface area contributed by atoms with Crippen LogP contribution in [0.5, 0.6) is 0 Å². The summed E-state index contributed by atoms with van der Waals surface area (Å²) in [5, 5.41) is 3.26. The zero-order valence-electron chi connectivity index (χ0n) is 8.55. The van der Waals surface area contributed by atoms with E-state index in [4.69, 9.17) is 4.42 Å². The molecule has 0 radical (unpaired) electrons. The van der Waals surface area contributed by atoms with Crippen LogP contribution in [0.1, 0.15) is 30.7 Å². The van der Waals surface area contributed by atoms with E-state index in [1.165, 1.54) is 11.1 Å². The Kier molecular flexibility index (Phi) is 3.32. The van der Waals surface area contributed by atoms with Crippen LogP contribution in [0.15, 0.2) is 28.9 Å². The maximum atomic E-state index is 5.26. The Bertz CT molecular complexity index is 288. The molecule has 0 spiro atoms. The summed E-state index contributed by atoms with van der Waals surface area (Å²) in [6.45, 7) is 7.94. The van der Waals surface area contributed by atoms with Gasteiger partial charge >= 0.3 is 0 Å². The average Bonchev–Trinajstić information content (AvgIpc) is 2.47. The van der Waals surface area contributed by atoms with Crippen molar-refractivity contribution in [3.05, 3.63) is 35.8 Å². The van der Waals surface area contributed by atoms with Crippen LogP contribution in [0.2, 0.25) is 0 Å². The van der Waals surface area contributed by atoms with Crippen molar-refractivity contribution in [2.45, 2.75) is 26.3 Å². The van der Waals surface area contributed by atoms with Gasteiger partial charge in [-0.05, 0) is 33.4 Å². The van der Waals surface area contributed by atoms with E-state index in [1.807, 2.05) is 27.0 Å². The molecule has 1 unspecified atom stereocenters. The molecule has 1 atom stereocenters. The summed E-state index contributed by atoms with van der Waals surface area (Å²) in [5.74, 6) is 0.987. The predicted molar refractivity (Wildman–Crippen MR) is 54.7 cm³/mol. The summed E-state index contributed by atoms with van der Waals surface area (Å²) < 4.78 is 5.26. The fourth-order valence-corrected chi connectivity index (χ4v) is 1.47. The highest BCUT2D eigenvalue weighted by Crippen LogP contribution is 2.23. The van der Waals surface area contributed by atoms with E-state index in [-0.39, 0.29) is 0 Å². The number of nitrogens with one attached hydrogen (secondary N) is 1. The summed E-state index contributed by atoms with van der Waals surface area (Å²) in [6, 6.07) is 2.34. The van der Waals surface area contributed by atoms with Gasteiger partial charge in [-0.25, -0.2) is 0 Å². The minimum Gasteiger partial charge on any atom is -0.469 e. The molecule has 0 aliphatic heterocycles. The molecule has 72 valence electrons. The highest BCUT2D eigenvalue weighted by molar-refractivity contribution is 5.21. The molecule has 0 saturated carbocycles. The monoisotopic (exact) mass is 179 g/mol. The number of aryl methyl sites for hydroxylation is 1. The van der Waals surface area contributed by atoms with E-state index in [0.29, 0.717) is 6.04 Å². The number of hydrogen-bond donors (Lipinski definition) is 1. The minimum atomic E-state index is 0.330. The fourth-order valence-electron chi connectivity index (χ4n) is 1.47. The first-order chi connectivity index (χ1) is 6.15. The molecule has 1 aromatic heterocycles. The smallest absolute Gasteiger partial charge is 0.105 e. The van der Waals surface area contributed by atoms with Gasteiger partial charge in [-0.1, -0.05) is 5.57 Å². The summed E-state index contributed by atoms with van der Waals surface area (Å²) in [6.07, 6.45) is 2.68. The van der Waals surface area contributed by atoms with Crippen LogP contribution < -0.4 is 5.32 Å². The van der Waals surface area contributed by atoms with Crippen molar-refractivity contribution < 1.29 is 4.42 Å². The van der Waals surface area contributed by atoms with Crippen LogP contribution in [0.25, 0.3) is 0 Å². The third-order valence-corrected chi connectivity index (χ3v) is 2.18. The van der Waals surface area contributed by atoms with E-state index in [0.717, 1.165) is 12.2 Å². The molecular weight excluding hydrogens is 162 g/mol. The van der Waals surface area contributed by atoms with Crippen LogP contribution >= 0.6 is 0 Å². The van der Waals surface area contributed by atoms with Crippen LogP contribution in [0.3, 0.4) is 0 Å². The molecule has 1 rings (SSSR count). The first kappa shape index (κ1) is 10.1. The summed E-state index contributed by atoms with van der Waals surface area (Å²) >= 11 is 0. The van der Waals surface area contributed by atoms with Gasteiger partial charge in [0.2, 0.25) is 0 Å². The lowest BCUT2D eigenvalue weighted by atomic mass is 10.0. The molecule has 2 nitrogen and oxygen atoms in total. The van der Waals surface area contributed by atoms with Crippen LogP contribution in [0, 0.1) is 6.92 Å². The summed E-state index contributed by atoms with van der Waals surface area (Å²) in [4.78, 5) is 0. The van der Waals surface area contributed by atoms with Gasteiger partial charge in [0.25, 0.3) is 0 Å².